The maximum Gasteiger partial charge on any atom is 0.306 e. The summed E-state index contributed by atoms with van der Waals surface area (Å²) in [6.07, 6.45) is 0.580. The number of thiophene rings is 1. The van der Waals surface area contributed by atoms with Crippen LogP contribution in [0.1, 0.15) is 11.8 Å². The fourth-order valence-electron chi connectivity index (χ4n) is 1.68. The van der Waals surface area contributed by atoms with Gasteiger partial charge in [-0.25, -0.2) is 0 Å². The number of fused-ring (bicyclic) bond motifs is 1. The number of carbonyl (C=O) groups is 1. The van der Waals surface area contributed by atoms with Crippen LogP contribution in [0.15, 0.2) is 24.3 Å². The van der Waals surface area contributed by atoms with Gasteiger partial charge in [0, 0.05) is 9.58 Å². The summed E-state index contributed by atoms with van der Waals surface area (Å²) in [6, 6.07) is 7.95. The third kappa shape index (κ3) is 2.58. The molecular weight excluding hydrogens is 236 g/mol. The molecule has 2 rings (SSSR count). The van der Waals surface area contributed by atoms with E-state index in [-0.39, 0.29) is 5.92 Å². The van der Waals surface area contributed by atoms with Gasteiger partial charge in [-0.05, 0) is 36.1 Å². The van der Waals surface area contributed by atoms with Gasteiger partial charge in [0.2, 0.25) is 0 Å². The molecule has 4 heteroatoms. The van der Waals surface area contributed by atoms with Gasteiger partial charge in [-0.15, -0.1) is 11.3 Å². The molecule has 0 amide bonds. The number of ether oxygens (including phenoxy) is 1. The van der Waals surface area contributed by atoms with E-state index < -0.39 is 5.97 Å². The van der Waals surface area contributed by atoms with Gasteiger partial charge in [-0.2, -0.15) is 0 Å². The van der Waals surface area contributed by atoms with E-state index in [0.29, 0.717) is 6.42 Å². The van der Waals surface area contributed by atoms with Crippen molar-refractivity contribution in [2.24, 2.45) is 5.92 Å². The zero-order valence-corrected chi connectivity index (χ0v) is 10.6. The highest BCUT2D eigenvalue weighted by Crippen LogP contribution is 2.30. The molecule has 17 heavy (non-hydrogen) atoms. The quantitative estimate of drug-likeness (QED) is 0.906. The Balaban J connectivity index is 2.28. The molecule has 2 aromatic rings. The summed E-state index contributed by atoms with van der Waals surface area (Å²) in [4.78, 5) is 11.9. The third-order valence-electron chi connectivity index (χ3n) is 2.71. The highest BCUT2D eigenvalue weighted by atomic mass is 32.1. The summed E-state index contributed by atoms with van der Waals surface area (Å²) < 4.78 is 6.30. The van der Waals surface area contributed by atoms with Crippen LogP contribution in [0, 0.1) is 5.92 Å². The van der Waals surface area contributed by atoms with Crippen molar-refractivity contribution in [3.8, 4) is 5.75 Å². The molecule has 0 aliphatic rings. The van der Waals surface area contributed by atoms with Gasteiger partial charge in [-0.1, -0.05) is 6.92 Å². The Hall–Kier alpha value is -1.55. The topological polar surface area (TPSA) is 46.5 Å². The smallest absolute Gasteiger partial charge is 0.306 e. The first kappa shape index (κ1) is 11.9. The molecule has 0 saturated heterocycles. The molecule has 0 fully saturated rings. The van der Waals surface area contributed by atoms with Gasteiger partial charge in [0.05, 0.1) is 13.0 Å². The molecule has 1 N–H and O–H groups in total. The van der Waals surface area contributed by atoms with Crippen molar-refractivity contribution in [3.05, 3.63) is 29.1 Å². The largest absolute Gasteiger partial charge is 0.497 e. The Morgan fingerprint density at radius 2 is 2.24 bits per heavy atom. The maximum absolute atomic E-state index is 10.8. The van der Waals surface area contributed by atoms with Gasteiger partial charge in [0.25, 0.3) is 0 Å². The van der Waals surface area contributed by atoms with Gasteiger partial charge in [0.15, 0.2) is 0 Å². The fourth-order valence-corrected chi connectivity index (χ4v) is 2.90. The first-order chi connectivity index (χ1) is 8.10. The molecule has 0 aliphatic carbocycles. The molecule has 90 valence electrons. The molecule has 0 aliphatic heterocycles. The summed E-state index contributed by atoms with van der Waals surface area (Å²) in [5.41, 5.74) is 0. The van der Waals surface area contributed by atoms with E-state index in [1.54, 1.807) is 25.4 Å². The summed E-state index contributed by atoms with van der Waals surface area (Å²) in [7, 11) is 1.64. The molecule has 1 aromatic carbocycles. The highest BCUT2D eigenvalue weighted by molar-refractivity contribution is 7.19. The predicted octanol–water partition coefficient (Wildman–Crippen LogP) is 3.17. The normalized spacial score (nSPS) is 12.6. The number of carboxylic acids is 1. The van der Waals surface area contributed by atoms with Crippen LogP contribution in [0.2, 0.25) is 0 Å². The van der Waals surface area contributed by atoms with E-state index in [1.165, 1.54) is 0 Å². The van der Waals surface area contributed by atoms with Gasteiger partial charge in [0.1, 0.15) is 5.75 Å². The van der Waals surface area contributed by atoms with Crippen LogP contribution in [0.3, 0.4) is 0 Å². The fraction of sp³-hybridized carbons (Fsp3) is 0.308. The van der Waals surface area contributed by atoms with Crippen LogP contribution in [0.5, 0.6) is 5.75 Å². The van der Waals surface area contributed by atoms with Crippen molar-refractivity contribution in [2.75, 3.05) is 7.11 Å². The minimum Gasteiger partial charge on any atom is -0.497 e. The van der Waals surface area contributed by atoms with Crippen molar-refractivity contribution >= 4 is 27.4 Å². The molecule has 0 spiro atoms. The van der Waals surface area contributed by atoms with Gasteiger partial charge >= 0.3 is 5.97 Å². The maximum atomic E-state index is 10.8. The average Bonchev–Trinajstić information content (AvgIpc) is 2.69. The summed E-state index contributed by atoms with van der Waals surface area (Å²) >= 11 is 1.63. The Morgan fingerprint density at radius 1 is 1.47 bits per heavy atom. The summed E-state index contributed by atoms with van der Waals surface area (Å²) in [5.74, 6) is -0.262. The minimum absolute atomic E-state index is 0.343. The van der Waals surface area contributed by atoms with Gasteiger partial charge < -0.3 is 9.84 Å². The summed E-state index contributed by atoms with van der Waals surface area (Å²) in [5, 5.41) is 10.0. The molecule has 3 nitrogen and oxygen atoms in total. The molecule has 1 aromatic heterocycles. The molecule has 0 saturated carbocycles. The second-order valence-electron chi connectivity index (χ2n) is 4.06. The number of hydrogen-bond donors (Lipinski definition) is 1. The van der Waals surface area contributed by atoms with Crippen molar-refractivity contribution in [1.29, 1.82) is 0 Å². The highest BCUT2D eigenvalue weighted by Gasteiger charge is 2.13. The van der Waals surface area contributed by atoms with Crippen LogP contribution < -0.4 is 4.74 Å². The lowest BCUT2D eigenvalue weighted by Crippen LogP contribution is -2.11. The lowest BCUT2D eigenvalue weighted by Gasteiger charge is -2.01. The third-order valence-corrected chi connectivity index (χ3v) is 3.83. The zero-order valence-electron chi connectivity index (χ0n) is 9.77. The molecule has 0 radical (unpaired) electrons. The first-order valence-corrected chi connectivity index (χ1v) is 6.21. The van der Waals surface area contributed by atoms with Crippen LogP contribution in [-0.4, -0.2) is 18.2 Å². The van der Waals surface area contributed by atoms with Crippen LogP contribution in [0.25, 0.3) is 10.1 Å². The molecule has 0 bridgehead atoms. The molecular formula is C13H14O3S. The van der Waals surface area contributed by atoms with Crippen molar-refractivity contribution in [2.45, 2.75) is 13.3 Å². The van der Waals surface area contributed by atoms with Crippen LogP contribution in [0.4, 0.5) is 0 Å². The SMILES string of the molecule is COc1ccc2cc(CC(C)C(=O)O)sc2c1. The zero-order chi connectivity index (χ0) is 12.4. The number of carboxylic acid groups (broad SMARTS) is 1. The number of hydrogen-bond acceptors (Lipinski definition) is 3. The van der Waals surface area contributed by atoms with Crippen LogP contribution >= 0.6 is 11.3 Å². The Labute approximate surface area is 104 Å². The van der Waals surface area contributed by atoms with E-state index in [4.69, 9.17) is 9.84 Å². The van der Waals surface area contributed by atoms with E-state index >= 15 is 0 Å². The lowest BCUT2D eigenvalue weighted by molar-refractivity contribution is -0.141. The van der Waals surface area contributed by atoms with Crippen molar-refractivity contribution < 1.29 is 14.6 Å². The minimum atomic E-state index is -0.750. The lowest BCUT2D eigenvalue weighted by atomic mass is 10.1. The second-order valence-corrected chi connectivity index (χ2v) is 5.23. The van der Waals surface area contributed by atoms with Crippen molar-refractivity contribution in [1.82, 2.24) is 0 Å². The second kappa shape index (κ2) is 4.75. The van der Waals surface area contributed by atoms with E-state index in [9.17, 15) is 4.79 Å². The molecule has 1 unspecified atom stereocenters. The molecule has 1 atom stereocenters. The standard InChI is InChI=1S/C13H14O3S/c1-8(13(14)15)5-11-6-9-3-4-10(16-2)7-12(9)17-11/h3-4,6-8H,5H2,1-2H3,(H,14,15). The molecule has 1 heterocycles. The summed E-state index contributed by atoms with van der Waals surface area (Å²) in [6.45, 7) is 1.73. The Morgan fingerprint density at radius 3 is 2.88 bits per heavy atom. The monoisotopic (exact) mass is 250 g/mol. The number of rotatable bonds is 4. The first-order valence-electron chi connectivity index (χ1n) is 5.39. The number of benzene rings is 1. The Bertz CT molecular complexity index is 545. The Kier molecular flexibility index (Phi) is 3.33. The average molecular weight is 250 g/mol. The van der Waals surface area contributed by atoms with E-state index in [2.05, 4.69) is 6.07 Å². The number of aliphatic carboxylic acids is 1. The van der Waals surface area contributed by atoms with Gasteiger partial charge in [-0.3, -0.25) is 4.79 Å². The van der Waals surface area contributed by atoms with E-state index in [0.717, 1.165) is 20.7 Å². The van der Waals surface area contributed by atoms with E-state index in [1.807, 2.05) is 18.2 Å². The predicted molar refractivity (Wildman–Crippen MR) is 68.9 cm³/mol. The number of methoxy groups -OCH3 is 1. The van der Waals surface area contributed by atoms with Crippen molar-refractivity contribution in [3.63, 3.8) is 0 Å². The van der Waals surface area contributed by atoms with Crippen LogP contribution in [-0.2, 0) is 11.2 Å².